The maximum Gasteiger partial charge on any atom is 0.253 e. The zero-order valence-electron chi connectivity index (χ0n) is 11.9. The molecule has 3 nitrogen and oxygen atoms in total. The Hall–Kier alpha value is -2.07. The van der Waals surface area contributed by atoms with Gasteiger partial charge in [0.25, 0.3) is 5.91 Å². The highest BCUT2D eigenvalue weighted by Crippen LogP contribution is 2.21. The van der Waals surface area contributed by atoms with Crippen LogP contribution in [0, 0.1) is 12.7 Å². The number of nitrogens with two attached hydrogens (primary N) is 1. The summed E-state index contributed by atoms with van der Waals surface area (Å²) in [6.07, 6.45) is 0. The lowest BCUT2D eigenvalue weighted by Gasteiger charge is -2.19. The van der Waals surface area contributed by atoms with Crippen molar-refractivity contribution in [2.24, 2.45) is 0 Å². The van der Waals surface area contributed by atoms with Crippen LogP contribution in [0.4, 0.5) is 10.1 Å². The van der Waals surface area contributed by atoms with Gasteiger partial charge in [-0.3, -0.25) is 4.79 Å². The number of rotatable bonds is 3. The van der Waals surface area contributed by atoms with E-state index in [-0.39, 0.29) is 12.5 Å². The summed E-state index contributed by atoms with van der Waals surface area (Å²) in [7, 11) is 1.61. The number of anilines is 1. The van der Waals surface area contributed by atoms with Gasteiger partial charge >= 0.3 is 0 Å². The van der Waals surface area contributed by atoms with Gasteiger partial charge in [-0.2, -0.15) is 0 Å². The number of nitrogen functional groups attached to an aromatic ring is 1. The Labute approximate surface area is 128 Å². The van der Waals surface area contributed by atoms with Crippen molar-refractivity contribution in [3.8, 4) is 0 Å². The lowest BCUT2D eigenvalue weighted by Crippen LogP contribution is -2.27. The Kier molecular flexibility index (Phi) is 4.48. The predicted octanol–water partition coefficient (Wildman–Crippen LogP) is 3.64. The maximum absolute atomic E-state index is 13.8. The molecule has 0 aliphatic rings. The lowest BCUT2D eigenvalue weighted by molar-refractivity contribution is 0.0784. The summed E-state index contributed by atoms with van der Waals surface area (Å²) in [6, 6.07) is 9.53. The average Bonchev–Trinajstić information content (AvgIpc) is 2.45. The van der Waals surface area contributed by atoms with Gasteiger partial charge in [0, 0.05) is 35.4 Å². The molecule has 1 amide bonds. The number of amides is 1. The van der Waals surface area contributed by atoms with Gasteiger partial charge in [-0.1, -0.05) is 17.7 Å². The fraction of sp³-hybridized carbons (Fsp3) is 0.188. The minimum Gasteiger partial charge on any atom is -0.399 e. The molecule has 0 aromatic heterocycles. The normalized spacial score (nSPS) is 10.5. The molecule has 0 unspecified atom stereocenters. The Morgan fingerprint density at radius 3 is 2.67 bits per heavy atom. The summed E-state index contributed by atoms with van der Waals surface area (Å²) in [5, 5.41) is 0.308. The van der Waals surface area contributed by atoms with Gasteiger partial charge in [0.15, 0.2) is 0 Å². The number of carbonyl (C=O) groups excluding carboxylic acids is 1. The van der Waals surface area contributed by atoms with Crippen LogP contribution in [-0.2, 0) is 6.54 Å². The fourth-order valence-corrected chi connectivity index (χ4v) is 2.24. The summed E-state index contributed by atoms with van der Waals surface area (Å²) in [5.74, 6) is -0.631. The molecule has 0 spiro atoms. The Balaban J connectivity index is 2.21. The first-order chi connectivity index (χ1) is 9.90. The maximum atomic E-state index is 13.8. The molecule has 0 bridgehead atoms. The van der Waals surface area contributed by atoms with E-state index in [9.17, 15) is 9.18 Å². The first-order valence-corrected chi connectivity index (χ1v) is 6.82. The minimum atomic E-state index is -0.421. The highest BCUT2D eigenvalue weighted by Gasteiger charge is 2.16. The van der Waals surface area contributed by atoms with Crippen molar-refractivity contribution in [3.05, 3.63) is 63.9 Å². The average molecular weight is 307 g/mol. The Bertz CT molecular complexity index is 668. The summed E-state index contributed by atoms with van der Waals surface area (Å²) < 4.78 is 13.8. The lowest BCUT2D eigenvalue weighted by atomic mass is 10.1. The topological polar surface area (TPSA) is 46.3 Å². The van der Waals surface area contributed by atoms with Crippen molar-refractivity contribution in [2.75, 3.05) is 12.8 Å². The van der Waals surface area contributed by atoms with Gasteiger partial charge in [-0.15, -0.1) is 0 Å². The zero-order valence-corrected chi connectivity index (χ0v) is 12.6. The van der Waals surface area contributed by atoms with Gasteiger partial charge in [-0.25, -0.2) is 4.39 Å². The van der Waals surface area contributed by atoms with E-state index in [1.807, 2.05) is 6.92 Å². The highest BCUT2D eigenvalue weighted by molar-refractivity contribution is 6.31. The molecule has 0 radical (unpaired) electrons. The van der Waals surface area contributed by atoms with Crippen LogP contribution < -0.4 is 5.73 Å². The molecule has 110 valence electrons. The van der Waals surface area contributed by atoms with Crippen LogP contribution >= 0.6 is 11.6 Å². The predicted molar refractivity (Wildman–Crippen MR) is 82.8 cm³/mol. The van der Waals surface area contributed by atoms with Gasteiger partial charge in [0.1, 0.15) is 5.82 Å². The number of hydrogen-bond acceptors (Lipinski definition) is 2. The number of nitrogens with zero attached hydrogens (tertiary/aromatic N) is 1. The second-order valence-electron chi connectivity index (χ2n) is 4.93. The van der Waals surface area contributed by atoms with Crippen molar-refractivity contribution in [1.82, 2.24) is 4.90 Å². The van der Waals surface area contributed by atoms with E-state index < -0.39 is 5.82 Å². The third kappa shape index (κ3) is 3.34. The van der Waals surface area contributed by atoms with Crippen molar-refractivity contribution in [3.63, 3.8) is 0 Å². The Morgan fingerprint density at radius 2 is 2.05 bits per heavy atom. The summed E-state index contributed by atoms with van der Waals surface area (Å²) in [6.45, 7) is 1.94. The summed E-state index contributed by atoms with van der Waals surface area (Å²) in [5.41, 5.74) is 8.02. The van der Waals surface area contributed by atoms with Crippen LogP contribution in [0.3, 0.4) is 0 Å². The van der Waals surface area contributed by atoms with Gasteiger partial charge in [0.2, 0.25) is 0 Å². The molecule has 0 aliphatic heterocycles. The second-order valence-corrected chi connectivity index (χ2v) is 5.34. The number of hydrogen-bond donors (Lipinski definition) is 1. The number of benzene rings is 2. The first kappa shape index (κ1) is 15.3. The number of aryl methyl sites for hydroxylation is 1. The molecule has 0 aliphatic carbocycles. The van der Waals surface area contributed by atoms with Gasteiger partial charge in [-0.05, 0) is 42.8 Å². The van der Waals surface area contributed by atoms with Crippen LogP contribution in [0.1, 0.15) is 21.5 Å². The minimum absolute atomic E-state index is 0.105. The van der Waals surface area contributed by atoms with E-state index in [1.54, 1.807) is 31.3 Å². The molecular formula is C16H16ClFN2O. The van der Waals surface area contributed by atoms with E-state index in [4.69, 9.17) is 17.3 Å². The molecule has 2 rings (SSSR count). The molecule has 2 aromatic rings. The SMILES string of the molecule is Cc1cc(C(=O)N(C)Cc2c(F)cccc2Cl)ccc1N. The molecule has 21 heavy (non-hydrogen) atoms. The standard InChI is InChI=1S/C16H16ClFN2O/c1-10-8-11(6-7-15(10)19)16(21)20(2)9-12-13(17)4-3-5-14(12)18/h3-8H,9,19H2,1-2H3. The van der Waals surface area contributed by atoms with E-state index in [1.165, 1.54) is 17.0 Å². The van der Waals surface area contributed by atoms with Crippen LogP contribution in [-0.4, -0.2) is 17.9 Å². The third-order valence-corrected chi connectivity index (χ3v) is 3.67. The largest absolute Gasteiger partial charge is 0.399 e. The first-order valence-electron chi connectivity index (χ1n) is 6.44. The van der Waals surface area contributed by atoms with Crippen LogP contribution in [0.5, 0.6) is 0 Å². The van der Waals surface area contributed by atoms with Crippen LogP contribution in [0.15, 0.2) is 36.4 Å². The van der Waals surface area contributed by atoms with Crippen molar-refractivity contribution in [1.29, 1.82) is 0 Å². The van der Waals surface area contributed by atoms with E-state index >= 15 is 0 Å². The van der Waals surface area contributed by atoms with Gasteiger partial charge < -0.3 is 10.6 Å². The van der Waals surface area contributed by atoms with Crippen LogP contribution in [0.2, 0.25) is 5.02 Å². The fourth-order valence-electron chi connectivity index (χ4n) is 2.02. The highest BCUT2D eigenvalue weighted by atomic mass is 35.5. The van der Waals surface area contributed by atoms with E-state index in [2.05, 4.69) is 0 Å². The molecule has 2 aromatic carbocycles. The third-order valence-electron chi connectivity index (χ3n) is 3.32. The smallest absolute Gasteiger partial charge is 0.253 e. The molecule has 5 heteroatoms. The molecular weight excluding hydrogens is 291 g/mol. The van der Waals surface area contributed by atoms with Gasteiger partial charge in [0.05, 0.1) is 0 Å². The van der Waals surface area contributed by atoms with E-state index in [0.29, 0.717) is 21.8 Å². The molecule has 0 saturated carbocycles. The monoisotopic (exact) mass is 306 g/mol. The van der Waals surface area contributed by atoms with Crippen molar-refractivity contribution in [2.45, 2.75) is 13.5 Å². The van der Waals surface area contributed by atoms with E-state index in [0.717, 1.165) is 5.56 Å². The Morgan fingerprint density at radius 1 is 1.33 bits per heavy atom. The molecule has 0 atom stereocenters. The van der Waals surface area contributed by atoms with Crippen molar-refractivity contribution < 1.29 is 9.18 Å². The second kappa shape index (κ2) is 6.14. The summed E-state index contributed by atoms with van der Waals surface area (Å²) >= 11 is 5.98. The molecule has 0 saturated heterocycles. The number of carbonyl (C=O) groups is 1. The number of halogens is 2. The van der Waals surface area contributed by atoms with Crippen LogP contribution in [0.25, 0.3) is 0 Å². The molecule has 0 heterocycles. The quantitative estimate of drug-likeness (QED) is 0.880. The molecule has 0 fully saturated rings. The van der Waals surface area contributed by atoms with Crippen molar-refractivity contribution >= 4 is 23.2 Å². The summed E-state index contributed by atoms with van der Waals surface area (Å²) in [4.78, 5) is 13.8. The molecule has 2 N–H and O–H groups in total. The zero-order chi connectivity index (χ0) is 15.6.